The lowest BCUT2D eigenvalue weighted by Crippen LogP contribution is -2.44. The Labute approximate surface area is 332 Å². The van der Waals surface area contributed by atoms with Gasteiger partial charge in [-0.15, -0.1) is 0 Å². The Morgan fingerprint density at radius 3 is 1.51 bits per heavy atom. The van der Waals surface area contributed by atoms with E-state index in [4.69, 9.17) is 0 Å². The Balaban J connectivity index is 1.21. The van der Waals surface area contributed by atoms with Gasteiger partial charge in [-0.05, 0) is 97.1 Å². The average molecular weight is 724 g/mol. The number of aromatic nitrogens is 1. The first kappa shape index (κ1) is 32.1. The smallest absolute Gasteiger partial charge is 0.0720 e. The largest absolute Gasteiger partial charge is 0.309 e. The predicted molar refractivity (Wildman–Crippen MR) is 235 cm³/mol. The van der Waals surface area contributed by atoms with Gasteiger partial charge in [0.05, 0.1) is 21.9 Å². The van der Waals surface area contributed by atoms with Gasteiger partial charge in [0.25, 0.3) is 0 Å². The maximum absolute atomic E-state index is 2.43. The molecule has 2 aliphatic rings. The monoisotopic (exact) mass is 723 g/mol. The maximum atomic E-state index is 2.43. The van der Waals surface area contributed by atoms with Crippen LogP contribution in [0.25, 0.3) is 49.7 Å². The van der Waals surface area contributed by atoms with Crippen molar-refractivity contribution in [3.8, 4) is 27.9 Å². The highest BCUT2D eigenvalue weighted by Crippen LogP contribution is 2.66. The molecule has 1 heterocycles. The molecule has 0 aliphatic heterocycles. The summed E-state index contributed by atoms with van der Waals surface area (Å²) in [6, 6.07) is 83.8. The number of fused-ring (bicyclic) bond motifs is 8. The van der Waals surface area contributed by atoms with Gasteiger partial charge in [0.1, 0.15) is 0 Å². The third-order valence-corrected chi connectivity index (χ3v) is 12.9. The Morgan fingerprint density at radius 1 is 0.298 bits per heavy atom. The van der Waals surface area contributed by atoms with Crippen LogP contribution in [0, 0.1) is 0 Å². The fourth-order valence-electron chi connectivity index (χ4n) is 10.9. The lowest BCUT2D eigenvalue weighted by atomic mass is 9.51. The zero-order valence-electron chi connectivity index (χ0n) is 31.3. The van der Waals surface area contributed by atoms with Crippen molar-refractivity contribution in [3.05, 3.63) is 269 Å². The highest BCUT2D eigenvalue weighted by molar-refractivity contribution is 6.10. The first-order valence-electron chi connectivity index (χ1n) is 19.9. The van der Waals surface area contributed by atoms with Crippen LogP contribution in [0.5, 0.6) is 0 Å². The van der Waals surface area contributed by atoms with Crippen molar-refractivity contribution in [3.63, 3.8) is 0 Å². The van der Waals surface area contributed by atoms with Crippen molar-refractivity contribution in [1.82, 2.24) is 4.57 Å². The fourth-order valence-corrected chi connectivity index (χ4v) is 10.9. The third-order valence-electron chi connectivity index (χ3n) is 12.9. The molecule has 0 spiro atoms. The summed E-state index contributed by atoms with van der Waals surface area (Å²) >= 11 is 0. The lowest BCUT2D eigenvalue weighted by molar-refractivity contribution is 0.627. The summed E-state index contributed by atoms with van der Waals surface area (Å²) in [5.74, 6) is 0. The molecule has 2 unspecified atom stereocenters. The van der Waals surface area contributed by atoms with E-state index in [1.54, 1.807) is 0 Å². The summed E-state index contributed by atoms with van der Waals surface area (Å²) in [5.41, 5.74) is 18.1. The summed E-state index contributed by atoms with van der Waals surface area (Å²) in [5, 5.41) is 2.50. The summed E-state index contributed by atoms with van der Waals surface area (Å²) < 4.78 is 2.40. The molecule has 2 aliphatic carbocycles. The lowest BCUT2D eigenvalue weighted by Gasteiger charge is -2.50. The minimum absolute atomic E-state index is 0.480. The molecule has 0 saturated carbocycles. The van der Waals surface area contributed by atoms with Crippen LogP contribution in [0.3, 0.4) is 0 Å². The van der Waals surface area contributed by atoms with Gasteiger partial charge in [-0.2, -0.15) is 0 Å². The number of rotatable bonds is 5. The second-order valence-corrected chi connectivity index (χ2v) is 15.5. The van der Waals surface area contributed by atoms with E-state index in [0.717, 1.165) is 0 Å². The van der Waals surface area contributed by atoms with Crippen LogP contribution >= 0.6 is 0 Å². The molecule has 57 heavy (non-hydrogen) atoms. The van der Waals surface area contributed by atoms with E-state index in [1.807, 2.05) is 0 Å². The van der Waals surface area contributed by atoms with Gasteiger partial charge in [-0.3, -0.25) is 0 Å². The molecule has 0 saturated heterocycles. The molecule has 0 amide bonds. The second kappa shape index (κ2) is 12.1. The SMILES string of the molecule is c1ccc(-n2c3ccccc3c3cc(-c4ccccc4C4(c5ccccc5)c5ccccc5C5(c6ccccc6)c6ccccc6-c6cccc4c65)ccc32)cc1. The summed E-state index contributed by atoms with van der Waals surface area (Å²) in [7, 11) is 0. The molecule has 266 valence electrons. The van der Waals surface area contributed by atoms with E-state index in [2.05, 4.69) is 229 Å². The molecule has 1 nitrogen and oxygen atoms in total. The first-order valence-corrected chi connectivity index (χ1v) is 19.9. The predicted octanol–water partition coefficient (Wildman–Crippen LogP) is 13.5. The van der Waals surface area contributed by atoms with Crippen LogP contribution < -0.4 is 0 Å². The molecule has 2 atom stereocenters. The molecular formula is C56H37N. The van der Waals surface area contributed by atoms with Crippen molar-refractivity contribution in [2.45, 2.75) is 10.8 Å². The zero-order chi connectivity index (χ0) is 37.6. The van der Waals surface area contributed by atoms with E-state index in [0.29, 0.717) is 0 Å². The van der Waals surface area contributed by atoms with Crippen molar-refractivity contribution < 1.29 is 0 Å². The van der Waals surface area contributed by atoms with E-state index in [1.165, 1.54) is 94.3 Å². The standard InChI is InChI=1S/C56H37N/c1-4-19-39(20-5-1)55(47-29-13-10-25-42(47)38-35-36-53-46(37-38)44-27-12-17-34-52(44)57(53)41-23-8-3-9-24-41)49-31-15-16-32-50(49)56(40-21-6-2-7-22-40)48-30-14-11-26-43(48)45-28-18-33-51(55)54(45)56/h1-37H. The molecule has 0 bridgehead atoms. The Hall–Kier alpha value is -7.22. The second-order valence-electron chi connectivity index (χ2n) is 15.5. The van der Waals surface area contributed by atoms with Crippen LogP contribution in [0.2, 0.25) is 0 Å². The molecule has 9 aromatic carbocycles. The van der Waals surface area contributed by atoms with Gasteiger partial charge in [0.2, 0.25) is 0 Å². The Bertz CT molecular complexity index is 3180. The Kier molecular flexibility index (Phi) is 6.83. The summed E-state index contributed by atoms with van der Waals surface area (Å²) in [4.78, 5) is 0. The first-order chi connectivity index (χ1) is 28.3. The zero-order valence-corrected chi connectivity index (χ0v) is 31.3. The molecule has 0 fully saturated rings. The van der Waals surface area contributed by atoms with Crippen LogP contribution in [0.4, 0.5) is 0 Å². The molecule has 1 aromatic heterocycles. The normalized spacial score (nSPS) is 17.6. The van der Waals surface area contributed by atoms with E-state index in [-0.39, 0.29) is 0 Å². The van der Waals surface area contributed by atoms with Gasteiger partial charge in [0, 0.05) is 16.5 Å². The van der Waals surface area contributed by atoms with Crippen molar-refractivity contribution in [1.29, 1.82) is 0 Å². The van der Waals surface area contributed by atoms with Gasteiger partial charge in [-0.25, -0.2) is 0 Å². The summed E-state index contributed by atoms with van der Waals surface area (Å²) in [6.07, 6.45) is 0. The van der Waals surface area contributed by atoms with Crippen LogP contribution in [0.1, 0.15) is 44.5 Å². The number of hydrogen-bond acceptors (Lipinski definition) is 0. The van der Waals surface area contributed by atoms with Crippen LogP contribution in [0.15, 0.2) is 224 Å². The van der Waals surface area contributed by atoms with E-state index in [9.17, 15) is 0 Å². The number of benzene rings is 9. The van der Waals surface area contributed by atoms with Gasteiger partial charge in [-0.1, -0.05) is 194 Å². The van der Waals surface area contributed by atoms with E-state index < -0.39 is 10.8 Å². The third kappa shape index (κ3) is 4.18. The quantitative estimate of drug-likeness (QED) is 0.167. The van der Waals surface area contributed by atoms with Crippen molar-refractivity contribution in [2.75, 3.05) is 0 Å². The fraction of sp³-hybridized carbons (Fsp3) is 0.0357. The number of nitrogens with zero attached hydrogens (tertiary/aromatic N) is 1. The molecule has 0 N–H and O–H groups in total. The molecule has 10 aromatic rings. The van der Waals surface area contributed by atoms with Gasteiger partial charge in [0.15, 0.2) is 0 Å². The number of hydrogen-bond donors (Lipinski definition) is 0. The topological polar surface area (TPSA) is 4.93 Å². The summed E-state index contributed by atoms with van der Waals surface area (Å²) in [6.45, 7) is 0. The molecular weight excluding hydrogens is 687 g/mol. The minimum atomic E-state index is -0.632. The highest BCUT2D eigenvalue weighted by atomic mass is 15.0. The maximum Gasteiger partial charge on any atom is 0.0720 e. The van der Waals surface area contributed by atoms with Crippen molar-refractivity contribution >= 4 is 21.8 Å². The van der Waals surface area contributed by atoms with Crippen LogP contribution in [-0.2, 0) is 10.8 Å². The molecule has 0 radical (unpaired) electrons. The molecule has 1 heteroatoms. The molecule has 12 rings (SSSR count). The minimum Gasteiger partial charge on any atom is -0.309 e. The van der Waals surface area contributed by atoms with Gasteiger partial charge < -0.3 is 4.57 Å². The highest BCUT2D eigenvalue weighted by Gasteiger charge is 2.57. The van der Waals surface area contributed by atoms with E-state index >= 15 is 0 Å². The van der Waals surface area contributed by atoms with Crippen LogP contribution in [-0.4, -0.2) is 4.57 Å². The average Bonchev–Trinajstić information content (AvgIpc) is 3.79. The Morgan fingerprint density at radius 2 is 0.789 bits per heavy atom. The van der Waals surface area contributed by atoms with Gasteiger partial charge >= 0.3 is 0 Å². The number of para-hydroxylation sites is 2. The van der Waals surface area contributed by atoms with Crippen molar-refractivity contribution in [2.24, 2.45) is 0 Å².